The van der Waals surface area contributed by atoms with Crippen molar-refractivity contribution in [1.82, 2.24) is 24.4 Å². The molecule has 0 saturated carbocycles. The fraction of sp³-hybridized carbons (Fsp3) is 0.450. The fourth-order valence-electron chi connectivity index (χ4n) is 3.78. The van der Waals surface area contributed by atoms with Gasteiger partial charge in [-0.3, -0.25) is 4.79 Å². The van der Waals surface area contributed by atoms with Gasteiger partial charge in [-0.15, -0.1) is 0 Å². The third-order valence-electron chi connectivity index (χ3n) is 5.46. The number of carbonyl (C=O) groups excluding carboxylic acids is 1. The molecule has 0 spiro atoms. The minimum Gasteiger partial charge on any atom is -0.340 e. The normalized spacial score (nSPS) is 15.9. The molecule has 1 aromatic carbocycles. The number of amides is 1. The van der Waals surface area contributed by atoms with Crippen LogP contribution in [0.3, 0.4) is 0 Å². The van der Waals surface area contributed by atoms with E-state index in [1.807, 2.05) is 34.5 Å². The third kappa shape index (κ3) is 2.94. The Morgan fingerprint density at radius 2 is 1.85 bits per heavy atom. The van der Waals surface area contributed by atoms with Crippen LogP contribution >= 0.6 is 0 Å². The molecule has 2 aromatic heterocycles. The summed E-state index contributed by atoms with van der Waals surface area (Å²) in [7, 11) is 2.10. The Kier molecular flexibility index (Phi) is 4.36. The van der Waals surface area contributed by atoms with Gasteiger partial charge in [-0.25, -0.2) is 9.50 Å². The average Bonchev–Trinajstić information content (AvgIpc) is 3.01. The van der Waals surface area contributed by atoms with Gasteiger partial charge in [0.1, 0.15) is 0 Å². The first-order valence-corrected chi connectivity index (χ1v) is 9.24. The lowest BCUT2D eigenvalue weighted by molar-refractivity contribution is -0.132. The van der Waals surface area contributed by atoms with Crippen molar-refractivity contribution in [1.29, 1.82) is 0 Å². The Morgan fingerprint density at radius 3 is 2.62 bits per heavy atom. The van der Waals surface area contributed by atoms with E-state index in [-0.39, 0.29) is 5.91 Å². The van der Waals surface area contributed by atoms with E-state index in [0.717, 1.165) is 59.7 Å². The Balaban J connectivity index is 1.58. The van der Waals surface area contributed by atoms with Gasteiger partial charge >= 0.3 is 0 Å². The van der Waals surface area contributed by atoms with Crippen molar-refractivity contribution >= 4 is 22.5 Å². The second kappa shape index (κ2) is 6.68. The van der Waals surface area contributed by atoms with Crippen molar-refractivity contribution < 1.29 is 4.79 Å². The van der Waals surface area contributed by atoms with Gasteiger partial charge in [-0.2, -0.15) is 5.10 Å². The fourth-order valence-corrected chi connectivity index (χ4v) is 3.78. The van der Waals surface area contributed by atoms with E-state index >= 15 is 0 Å². The SMILES string of the molecule is Cc1nc2c3ccccc3nn2c(C)c1CCC(=O)N1CCN(C)CC1. The largest absolute Gasteiger partial charge is 0.340 e. The number of likely N-dealkylation sites (N-methyl/N-ethyl adjacent to an activating group) is 1. The molecule has 26 heavy (non-hydrogen) atoms. The molecule has 1 amide bonds. The molecule has 6 nitrogen and oxygen atoms in total. The first kappa shape index (κ1) is 17.0. The second-order valence-corrected chi connectivity index (χ2v) is 7.20. The number of rotatable bonds is 3. The highest BCUT2D eigenvalue weighted by molar-refractivity contribution is 5.92. The molecule has 0 unspecified atom stereocenters. The number of carbonyl (C=O) groups is 1. The number of hydrogen-bond acceptors (Lipinski definition) is 4. The zero-order valence-corrected chi connectivity index (χ0v) is 15.7. The van der Waals surface area contributed by atoms with Crippen molar-refractivity contribution in [2.75, 3.05) is 33.2 Å². The minimum atomic E-state index is 0.239. The summed E-state index contributed by atoms with van der Waals surface area (Å²) in [6, 6.07) is 8.07. The van der Waals surface area contributed by atoms with Crippen LogP contribution < -0.4 is 0 Å². The Hall–Kier alpha value is -2.47. The molecule has 0 atom stereocenters. The maximum atomic E-state index is 12.6. The maximum absolute atomic E-state index is 12.6. The number of hydrogen-bond donors (Lipinski definition) is 0. The number of nitrogens with zero attached hydrogens (tertiary/aromatic N) is 5. The molecule has 3 heterocycles. The monoisotopic (exact) mass is 351 g/mol. The van der Waals surface area contributed by atoms with E-state index in [0.29, 0.717) is 12.8 Å². The lowest BCUT2D eigenvalue weighted by Crippen LogP contribution is -2.47. The molecule has 4 rings (SSSR count). The average molecular weight is 351 g/mol. The topological polar surface area (TPSA) is 53.7 Å². The lowest BCUT2D eigenvalue weighted by atomic mass is 10.1. The Bertz CT molecular complexity index is 969. The van der Waals surface area contributed by atoms with Crippen LogP contribution in [-0.4, -0.2) is 63.5 Å². The van der Waals surface area contributed by atoms with Crippen LogP contribution in [0.1, 0.15) is 23.4 Å². The zero-order chi connectivity index (χ0) is 18.3. The molecule has 0 radical (unpaired) electrons. The number of aromatic nitrogens is 3. The van der Waals surface area contributed by atoms with Gasteiger partial charge in [0.15, 0.2) is 5.65 Å². The minimum absolute atomic E-state index is 0.239. The van der Waals surface area contributed by atoms with Crippen molar-refractivity contribution in [2.45, 2.75) is 26.7 Å². The van der Waals surface area contributed by atoms with Gasteiger partial charge in [0.2, 0.25) is 5.91 Å². The molecular weight excluding hydrogens is 326 g/mol. The molecule has 0 N–H and O–H groups in total. The summed E-state index contributed by atoms with van der Waals surface area (Å²) in [6.07, 6.45) is 1.24. The van der Waals surface area contributed by atoms with Crippen LogP contribution in [0.25, 0.3) is 16.6 Å². The number of fused-ring (bicyclic) bond motifs is 3. The van der Waals surface area contributed by atoms with E-state index in [1.54, 1.807) is 0 Å². The lowest BCUT2D eigenvalue weighted by Gasteiger charge is -2.32. The van der Waals surface area contributed by atoms with Crippen LogP contribution in [0.2, 0.25) is 0 Å². The predicted molar refractivity (Wildman–Crippen MR) is 102 cm³/mol. The van der Waals surface area contributed by atoms with Gasteiger partial charge in [0, 0.05) is 49.4 Å². The van der Waals surface area contributed by atoms with E-state index in [4.69, 9.17) is 10.1 Å². The standard InChI is InChI=1S/C20H25N5O/c1-14-16(8-9-19(26)24-12-10-23(3)11-13-24)15(2)25-20(21-14)17-6-4-5-7-18(17)22-25/h4-7H,8-13H2,1-3H3. The molecule has 6 heteroatoms. The van der Waals surface area contributed by atoms with Gasteiger partial charge in [-0.05, 0) is 45.0 Å². The Morgan fingerprint density at radius 1 is 1.12 bits per heavy atom. The summed E-state index contributed by atoms with van der Waals surface area (Å²) < 4.78 is 1.92. The number of benzene rings is 1. The van der Waals surface area contributed by atoms with Crippen LogP contribution in [0, 0.1) is 13.8 Å². The highest BCUT2D eigenvalue weighted by Gasteiger charge is 2.20. The van der Waals surface area contributed by atoms with Gasteiger partial charge < -0.3 is 9.80 Å². The van der Waals surface area contributed by atoms with Gasteiger partial charge in [0.05, 0.1) is 5.52 Å². The van der Waals surface area contributed by atoms with E-state index < -0.39 is 0 Å². The highest BCUT2D eigenvalue weighted by Crippen LogP contribution is 2.23. The van der Waals surface area contributed by atoms with E-state index in [1.165, 1.54) is 0 Å². The smallest absolute Gasteiger partial charge is 0.222 e. The summed E-state index contributed by atoms with van der Waals surface area (Å²) in [6.45, 7) is 7.67. The van der Waals surface area contributed by atoms with E-state index in [9.17, 15) is 4.79 Å². The first-order valence-electron chi connectivity index (χ1n) is 9.24. The molecule has 3 aromatic rings. The van der Waals surface area contributed by atoms with Crippen molar-refractivity contribution in [3.8, 4) is 0 Å². The Labute approximate surface area is 153 Å². The maximum Gasteiger partial charge on any atom is 0.222 e. The molecule has 1 saturated heterocycles. The van der Waals surface area contributed by atoms with Crippen molar-refractivity contribution in [2.24, 2.45) is 0 Å². The summed E-state index contributed by atoms with van der Waals surface area (Å²) in [5, 5.41) is 5.76. The molecular formula is C20H25N5O. The molecule has 136 valence electrons. The molecule has 0 aliphatic carbocycles. The first-order chi connectivity index (χ1) is 12.5. The van der Waals surface area contributed by atoms with Crippen LogP contribution in [0.5, 0.6) is 0 Å². The quantitative estimate of drug-likeness (QED) is 0.726. The van der Waals surface area contributed by atoms with Gasteiger partial charge in [0.25, 0.3) is 0 Å². The van der Waals surface area contributed by atoms with Crippen molar-refractivity contribution in [3.63, 3.8) is 0 Å². The number of aryl methyl sites for hydroxylation is 2. The zero-order valence-electron chi connectivity index (χ0n) is 15.7. The summed E-state index contributed by atoms with van der Waals surface area (Å²) >= 11 is 0. The number of piperazine rings is 1. The summed E-state index contributed by atoms with van der Waals surface area (Å²) in [5.74, 6) is 0.239. The van der Waals surface area contributed by atoms with Gasteiger partial charge in [-0.1, -0.05) is 12.1 Å². The summed E-state index contributed by atoms with van der Waals surface area (Å²) in [4.78, 5) is 21.6. The summed E-state index contributed by atoms with van der Waals surface area (Å²) in [5.41, 5.74) is 5.05. The van der Waals surface area contributed by atoms with Crippen molar-refractivity contribution in [3.05, 3.63) is 41.2 Å². The molecule has 1 fully saturated rings. The van der Waals surface area contributed by atoms with E-state index in [2.05, 4.69) is 24.9 Å². The molecule has 1 aliphatic rings. The third-order valence-corrected chi connectivity index (χ3v) is 5.46. The van der Waals surface area contributed by atoms with Crippen LogP contribution in [0.4, 0.5) is 0 Å². The molecule has 0 bridgehead atoms. The van der Waals surface area contributed by atoms with Crippen LogP contribution in [-0.2, 0) is 11.2 Å². The highest BCUT2D eigenvalue weighted by atomic mass is 16.2. The molecule has 1 aliphatic heterocycles. The predicted octanol–water partition coefficient (Wildman–Crippen LogP) is 2.21. The van der Waals surface area contributed by atoms with Crippen LogP contribution in [0.15, 0.2) is 24.3 Å². The second-order valence-electron chi connectivity index (χ2n) is 7.20.